The van der Waals surface area contributed by atoms with Gasteiger partial charge in [0.25, 0.3) is 5.91 Å². The number of rotatable bonds is 5. The first-order chi connectivity index (χ1) is 9.32. The van der Waals surface area contributed by atoms with Gasteiger partial charge in [-0.1, -0.05) is 12.1 Å². The first-order valence-electron chi connectivity index (χ1n) is 6.35. The molecule has 0 aromatic carbocycles. The molecule has 1 saturated carbocycles. The van der Waals surface area contributed by atoms with Crippen LogP contribution < -0.4 is 5.32 Å². The molecule has 1 aliphatic carbocycles. The van der Waals surface area contributed by atoms with Crippen LogP contribution in [-0.2, 0) is 0 Å². The number of hydrogen-bond acceptors (Lipinski definition) is 4. The molecule has 0 radical (unpaired) electrons. The summed E-state index contributed by atoms with van der Waals surface area (Å²) in [6, 6.07) is 0.0108. The summed E-state index contributed by atoms with van der Waals surface area (Å²) in [5, 5.41) is 15.0. The lowest BCUT2D eigenvalue weighted by Crippen LogP contribution is -2.49. The van der Waals surface area contributed by atoms with Gasteiger partial charge in [0.2, 0.25) is 5.76 Å². The predicted octanol–water partition coefficient (Wildman–Crippen LogP) is 1.98. The molecular formula is C12H15F3N2O3. The van der Waals surface area contributed by atoms with Crippen LogP contribution in [-0.4, -0.2) is 34.5 Å². The van der Waals surface area contributed by atoms with Gasteiger partial charge in [0, 0.05) is 12.0 Å². The van der Waals surface area contributed by atoms with Crippen LogP contribution >= 0.6 is 0 Å². The van der Waals surface area contributed by atoms with Gasteiger partial charge in [-0.05, 0) is 19.3 Å². The van der Waals surface area contributed by atoms with Crippen LogP contribution in [0.15, 0.2) is 10.6 Å². The smallest absolute Gasteiger partial charge is 0.382 e. The van der Waals surface area contributed by atoms with Crippen LogP contribution in [0.4, 0.5) is 13.2 Å². The Bertz CT molecular complexity index is 483. The van der Waals surface area contributed by atoms with Crippen molar-refractivity contribution in [3.63, 3.8) is 0 Å². The van der Waals surface area contributed by atoms with Crippen LogP contribution in [0.2, 0.25) is 0 Å². The maximum atomic E-state index is 12.4. The highest BCUT2D eigenvalue weighted by atomic mass is 19.4. The molecule has 1 aromatic heterocycles. The molecule has 2 rings (SSSR count). The number of aliphatic hydroxyl groups excluding tert-OH is 1. The Morgan fingerprint density at radius 1 is 1.60 bits per heavy atom. The summed E-state index contributed by atoms with van der Waals surface area (Å²) in [4.78, 5) is 11.8. The Kier molecular flexibility index (Phi) is 4.03. The van der Waals surface area contributed by atoms with Crippen molar-refractivity contribution in [2.24, 2.45) is 0 Å². The van der Waals surface area contributed by atoms with Crippen LogP contribution in [0.3, 0.4) is 0 Å². The molecule has 2 atom stereocenters. The van der Waals surface area contributed by atoms with Crippen molar-refractivity contribution >= 4 is 5.91 Å². The molecule has 112 valence electrons. The van der Waals surface area contributed by atoms with Crippen molar-refractivity contribution in [1.29, 1.82) is 0 Å². The molecule has 20 heavy (non-hydrogen) atoms. The fraction of sp³-hybridized carbons (Fsp3) is 0.667. The number of carbonyl (C=O) groups excluding carboxylic acids is 1. The highest BCUT2D eigenvalue weighted by molar-refractivity contribution is 5.91. The third-order valence-electron chi connectivity index (χ3n) is 3.22. The lowest BCUT2D eigenvalue weighted by atomic mass is 10.1. The number of halogens is 3. The average molecular weight is 292 g/mol. The Morgan fingerprint density at radius 2 is 2.25 bits per heavy atom. The minimum Gasteiger partial charge on any atom is -0.382 e. The lowest BCUT2D eigenvalue weighted by molar-refractivity contribution is -0.211. The molecule has 8 heteroatoms. The Labute approximate surface area is 113 Å². The van der Waals surface area contributed by atoms with Crippen molar-refractivity contribution in [2.75, 3.05) is 0 Å². The standard InChI is InChI=1S/C12H15F3N2O3/c1-2-7(10(18)12(13,14)15)16-11(19)9-5-8(17-20-9)6-3-4-6/h5-7,10,18H,2-4H2,1H3,(H,16,19). The molecule has 0 aliphatic heterocycles. The van der Waals surface area contributed by atoms with E-state index in [9.17, 15) is 18.0 Å². The van der Waals surface area contributed by atoms with Crippen LogP contribution in [0.25, 0.3) is 0 Å². The number of alkyl halides is 3. The molecule has 0 bridgehead atoms. The van der Waals surface area contributed by atoms with Crippen LogP contribution in [0.1, 0.15) is 48.4 Å². The third kappa shape index (κ3) is 3.30. The topological polar surface area (TPSA) is 75.4 Å². The molecule has 1 heterocycles. The molecule has 1 aromatic rings. The zero-order chi connectivity index (χ0) is 14.9. The Balaban J connectivity index is 2.00. The molecule has 0 saturated heterocycles. The summed E-state index contributed by atoms with van der Waals surface area (Å²) in [6.07, 6.45) is -5.51. The minimum absolute atomic E-state index is 0.0595. The number of carbonyl (C=O) groups is 1. The van der Waals surface area contributed by atoms with Gasteiger partial charge in [0.15, 0.2) is 6.10 Å². The van der Waals surface area contributed by atoms with Crippen molar-refractivity contribution < 1.29 is 27.6 Å². The normalized spacial score (nSPS) is 18.6. The fourth-order valence-corrected chi connectivity index (χ4v) is 1.84. The summed E-state index contributed by atoms with van der Waals surface area (Å²) >= 11 is 0. The third-order valence-corrected chi connectivity index (χ3v) is 3.22. The van der Waals surface area contributed by atoms with E-state index in [4.69, 9.17) is 9.63 Å². The van der Waals surface area contributed by atoms with Gasteiger partial charge in [-0.2, -0.15) is 13.2 Å². The van der Waals surface area contributed by atoms with Gasteiger partial charge in [0.1, 0.15) is 0 Å². The van der Waals surface area contributed by atoms with E-state index in [1.807, 2.05) is 0 Å². The SMILES string of the molecule is CCC(NC(=O)c1cc(C2CC2)no1)C(O)C(F)(F)F. The lowest BCUT2D eigenvalue weighted by Gasteiger charge is -2.24. The summed E-state index contributed by atoms with van der Waals surface area (Å²) in [7, 11) is 0. The first kappa shape index (κ1) is 14.8. The van der Waals surface area contributed by atoms with Gasteiger partial charge in [-0.15, -0.1) is 0 Å². The quantitative estimate of drug-likeness (QED) is 0.870. The van der Waals surface area contributed by atoms with Crippen molar-refractivity contribution in [3.8, 4) is 0 Å². The first-order valence-corrected chi connectivity index (χ1v) is 6.35. The van der Waals surface area contributed by atoms with Crippen LogP contribution in [0.5, 0.6) is 0 Å². The summed E-state index contributed by atoms with van der Waals surface area (Å²) < 4.78 is 42.1. The highest BCUT2D eigenvalue weighted by Gasteiger charge is 2.43. The molecule has 2 N–H and O–H groups in total. The fourth-order valence-electron chi connectivity index (χ4n) is 1.84. The van der Waals surface area contributed by atoms with E-state index in [0.29, 0.717) is 5.69 Å². The second kappa shape index (κ2) is 5.43. The molecule has 1 fully saturated rings. The van der Waals surface area contributed by atoms with Crippen molar-refractivity contribution in [1.82, 2.24) is 10.5 Å². The number of nitrogens with zero attached hydrogens (tertiary/aromatic N) is 1. The van der Waals surface area contributed by atoms with Gasteiger partial charge >= 0.3 is 6.18 Å². The van der Waals surface area contributed by atoms with Gasteiger partial charge in [0.05, 0.1) is 11.7 Å². The number of amides is 1. The molecule has 1 aliphatic rings. The van der Waals surface area contributed by atoms with Crippen molar-refractivity contribution in [3.05, 3.63) is 17.5 Å². The van der Waals surface area contributed by atoms with E-state index in [0.717, 1.165) is 12.8 Å². The maximum Gasteiger partial charge on any atom is 0.416 e. The minimum atomic E-state index is -4.78. The van der Waals surface area contributed by atoms with E-state index >= 15 is 0 Å². The van der Waals surface area contributed by atoms with Crippen molar-refractivity contribution in [2.45, 2.75) is 50.4 Å². The number of hydrogen-bond donors (Lipinski definition) is 2. The van der Waals surface area contributed by atoms with E-state index in [2.05, 4.69) is 10.5 Å². The second-order valence-corrected chi connectivity index (χ2v) is 4.86. The molecule has 1 amide bonds. The summed E-state index contributed by atoms with van der Waals surface area (Å²) in [6.45, 7) is 1.44. The zero-order valence-corrected chi connectivity index (χ0v) is 10.8. The van der Waals surface area contributed by atoms with E-state index < -0.39 is 24.2 Å². The monoisotopic (exact) mass is 292 g/mol. The predicted molar refractivity (Wildman–Crippen MR) is 62.1 cm³/mol. The molecule has 2 unspecified atom stereocenters. The number of aliphatic hydroxyl groups is 1. The molecular weight excluding hydrogens is 277 g/mol. The van der Waals surface area contributed by atoms with Gasteiger partial charge in [-0.25, -0.2) is 0 Å². The average Bonchev–Trinajstić information content (AvgIpc) is 3.11. The van der Waals surface area contributed by atoms with E-state index in [-0.39, 0.29) is 18.1 Å². The molecule has 0 spiro atoms. The summed E-state index contributed by atoms with van der Waals surface area (Å²) in [5.41, 5.74) is 0.638. The highest BCUT2D eigenvalue weighted by Crippen LogP contribution is 2.39. The number of aromatic nitrogens is 1. The Morgan fingerprint density at radius 3 is 2.75 bits per heavy atom. The maximum absolute atomic E-state index is 12.4. The second-order valence-electron chi connectivity index (χ2n) is 4.86. The largest absolute Gasteiger partial charge is 0.416 e. The van der Waals surface area contributed by atoms with Crippen LogP contribution in [0, 0.1) is 0 Å². The summed E-state index contributed by atoms with van der Waals surface area (Å²) in [5.74, 6) is -0.665. The number of nitrogens with one attached hydrogen (secondary N) is 1. The van der Waals surface area contributed by atoms with Gasteiger partial charge in [-0.3, -0.25) is 4.79 Å². The van der Waals surface area contributed by atoms with E-state index in [1.54, 1.807) is 0 Å². The van der Waals surface area contributed by atoms with E-state index in [1.165, 1.54) is 13.0 Å². The zero-order valence-electron chi connectivity index (χ0n) is 10.8. The van der Waals surface area contributed by atoms with Gasteiger partial charge < -0.3 is 14.9 Å². The Hall–Kier alpha value is -1.57. The molecule has 5 nitrogen and oxygen atoms in total.